The molecule has 2 heterocycles. The van der Waals surface area contributed by atoms with Crippen molar-refractivity contribution >= 4 is 23.0 Å². The van der Waals surface area contributed by atoms with Crippen LogP contribution in [0.1, 0.15) is 5.56 Å². The van der Waals surface area contributed by atoms with Crippen LogP contribution in [-0.4, -0.2) is 21.4 Å². The highest BCUT2D eigenvalue weighted by atomic mass is 19.1. The van der Waals surface area contributed by atoms with Crippen LogP contribution in [-0.2, 0) is 0 Å². The van der Waals surface area contributed by atoms with E-state index < -0.39 is 11.6 Å². The number of halogens is 2. The second-order valence-electron chi connectivity index (χ2n) is 4.59. The van der Waals surface area contributed by atoms with E-state index in [1.807, 2.05) is 0 Å². The Bertz CT molecular complexity index is 812. The quantitative estimate of drug-likeness (QED) is 0.778. The van der Waals surface area contributed by atoms with Gasteiger partial charge in [-0.3, -0.25) is 0 Å². The second kappa shape index (κ2) is 5.01. The molecule has 5 nitrogen and oxygen atoms in total. The number of nitrogens with one attached hydrogen (secondary N) is 2. The molecule has 0 aliphatic carbocycles. The van der Waals surface area contributed by atoms with Gasteiger partial charge in [0.05, 0.1) is 11.9 Å². The Hall–Kier alpha value is -2.70. The fourth-order valence-corrected chi connectivity index (χ4v) is 2.01. The number of imidazole rings is 1. The molecule has 0 radical (unpaired) electrons. The van der Waals surface area contributed by atoms with Crippen LogP contribution in [0.15, 0.2) is 30.7 Å². The third-order valence-electron chi connectivity index (χ3n) is 3.13. The van der Waals surface area contributed by atoms with Gasteiger partial charge in [0.1, 0.15) is 17.5 Å². The zero-order valence-corrected chi connectivity index (χ0v) is 11.5. The van der Waals surface area contributed by atoms with Crippen molar-refractivity contribution in [1.82, 2.24) is 14.4 Å². The highest BCUT2D eigenvalue weighted by molar-refractivity contribution is 5.72. The van der Waals surface area contributed by atoms with Gasteiger partial charge in [0.2, 0.25) is 0 Å². The van der Waals surface area contributed by atoms with Crippen molar-refractivity contribution in [3.63, 3.8) is 0 Å². The number of aromatic nitrogens is 3. The minimum absolute atomic E-state index is 0.0174. The van der Waals surface area contributed by atoms with Gasteiger partial charge in [0, 0.05) is 25.5 Å². The normalized spacial score (nSPS) is 10.9. The molecule has 0 fully saturated rings. The summed E-state index contributed by atoms with van der Waals surface area (Å²) >= 11 is 0. The third-order valence-corrected chi connectivity index (χ3v) is 3.13. The van der Waals surface area contributed by atoms with Crippen LogP contribution in [0.3, 0.4) is 0 Å². The number of hydrogen-bond acceptors (Lipinski definition) is 4. The van der Waals surface area contributed by atoms with Crippen LogP contribution < -0.4 is 10.6 Å². The molecule has 0 saturated heterocycles. The maximum Gasteiger partial charge on any atom is 0.180 e. The molecular weight excluding hydrogens is 276 g/mol. The third kappa shape index (κ3) is 2.37. The number of hydrogen-bond donors (Lipinski definition) is 2. The van der Waals surface area contributed by atoms with Crippen molar-refractivity contribution < 1.29 is 8.78 Å². The monoisotopic (exact) mass is 289 g/mol. The van der Waals surface area contributed by atoms with Crippen molar-refractivity contribution in [3.8, 4) is 0 Å². The van der Waals surface area contributed by atoms with Crippen LogP contribution in [0.4, 0.5) is 26.1 Å². The topological polar surface area (TPSA) is 54.2 Å². The lowest BCUT2D eigenvalue weighted by atomic mass is 10.2. The van der Waals surface area contributed by atoms with Gasteiger partial charge in [0.25, 0.3) is 0 Å². The first kappa shape index (κ1) is 13.3. The molecule has 0 amide bonds. The van der Waals surface area contributed by atoms with Crippen molar-refractivity contribution in [1.29, 1.82) is 0 Å². The average Bonchev–Trinajstić information content (AvgIpc) is 2.93. The molecule has 0 spiro atoms. The van der Waals surface area contributed by atoms with E-state index in [0.717, 1.165) is 12.1 Å². The number of fused-ring (bicyclic) bond motifs is 1. The van der Waals surface area contributed by atoms with Gasteiger partial charge in [-0.05, 0) is 18.6 Å². The number of anilines is 3. The number of nitrogens with zero attached hydrogens (tertiary/aromatic N) is 3. The summed E-state index contributed by atoms with van der Waals surface area (Å²) in [7, 11) is 1.72. The summed E-state index contributed by atoms with van der Waals surface area (Å²) in [4.78, 5) is 8.44. The molecular formula is C14H13F2N5. The van der Waals surface area contributed by atoms with Crippen LogP contribution >= 0.6 is 0 Å². The largest absolute Gasteiger partial charge is 0.372 e. The highest BCUT2D eigenvalue weighted by Crippen LogP contribution is 2.25. The number of rotatable bonds is 3. The molecule has 2 aromatic heterocycles. The standard InChI is InChI=1S/C14H13F2N5/c1-8-5-10(16)11(6-9(8)15)19-13-14-18-3-4-21(14)7-12(17-2)20-13/h3-7,17H,1-2H3,(H,19,20). The summed E-state index contributed by atoms with van der Waals surface area (Å²) in [6, 6.07) is 2.25. The van der Waals surface area contributed by atoms with Gasteiger partial charge in [-0.15, -0.1) is 0 Å². The number of aryl methyl sites for hydroxylation is 1. The Morgan fingerprint density at radius 2 is 2.00 bits per heavy atom. The van der Waals surface area contributed by atoms with Gasteiger partial charge in [0.15, 0.2) is 11.5 Å². The number of benzene rings is 1. The maximum absolute atomic E-state index is 13.9. The zero-order chi connectivity index (χ0) is 15.0. The first-order chi connectivity index (χ1) is 10.1. The first-order valence-corrected chi connectivity index (χ1v) is 6.32. The Labute approximate surface area is 119 Å². The summed E-state index contributed by atoms with van der Waals surface area (Å²) in [6.45, 7) is 1.51. The Kier molecular flexibility index (Phi) is 3.17. The van der Waals surface area contributed by atoms with Crippen LogP contribution in [0.5, 0.6) is 0 Å². The average molecular weight is 289 g/mol. The van der Waals surface area contributed by atoms with Gasteiger partial charge >= 0.3 is 0 Å². The molecule has 21 heavy (non-hydrogen) atoms. The molecule has 0 unspecified atom stereocenters. The summed E-state index contributed by atoms with van der Waals surface area (Å²) in [5.74, 6) is -0.108. The Morgan fingerprint density at radius 1 is 1.19 bits per heavy atom. The van der Waals surface area contributed by atoms with Crippen LogP contribution in [0.2, 0.25) is 0 Å². The minimum atomic E-state index is -0.546. The first-order valence-electron chi connectivity index (χ1n) is 6.32. The van der Waals surface area contributed by atoms with Gasteiger partial charge in [-0.2, -0.15) is 0 Å². The van der Waals surface area contributed by atoms with E-state index in [2.05, 4.69) is 20.6 Å². The maximum atomic E-state index is 13.9. The van der Waals surface area contributed by atoms with Gasteiger partial charge in [-0.25, -0.2) is 18.7 Å². The van der Waals surface area contributed by atoms with E-state index in [4.69, 9.17) is 0 Å². The molecule has 0 aliphatic rings. The van der Waals surface area contributed by atoms with Crippen molar-refractivity contribution in [2.45, 2.75) is 6.92 Å². The van der Waals surface area contributed by atoms with Gasteiger partial charge < -0.3 is 15.0 Å². The molecule has 108 valence electrons. The smallest absolute Gasteiger partial charge is 0.180 e. The van der Waals surface area contributed by atoms with E-state index in [-0.39, 0.29) is 11.3 Å². The fourth-order valence-electron chi connectivity index (χ4n) is 2.01. The molecule has 3 aromatic rings. The summed E-state index contributed by atoms with van der Waals surface area (Å²) in [5.41, 5.74) is 0.791. The molecule has 3 rings (SSSR count). The summed E-state index contributed by atoms with van der Waals surface area (Å²) in [6.07, 6.45) is 5.10. The fraction of sp³-hybridized carbons (Fsp3) is 0.143. The van der Waals surface area contributed by atoms with E-state index >= 15 is 0 Å². The molecule has 0 bridgehead atoms. The van der Waals surface area contributed by atoms with Crippen LogP contribution in [0.25, 0.3) is 5.65 Å². The minimum Gasteiger partial charge on any atom is -0.372 e. The van der Waals surface area contributed by atoms with E-state index in [1.165, 1.54) is 6.92 Å². The van der Waals surface area contributed by atoms with Crippen molar-refractivity contribution in [2.24, 2.45) is 0 Å². The lowest BCUT2D eigenvalue weighted by molar-refractivity contribution is 0.595. The molecule has 0 aliphatic heterocycles. The van der Waals surface area contributed by atoms with E-state index in [1.54, 1.807) is 30.0 Å². The predicted octanol–water partition coefficient (Wildman–Crippen LogP) is 3.10. The Morgan fingerprint density at radius 3 is 2.76 bits per heavy atom. The molecule has 0 saturated carbocycles. The summed E-state index contributed by atoms with van der Waals surface area (Å²) < 4.78 is 29.3. The van der Waals surface area contributed by atoms with Crippen LogP contribution in [0, 0.1) is 18.6 Å². The lowest BCUT2D eigenvalue weighted by Gasteiger charge is -2.11. The molecule has 2 N–H and O–H groups in total. The van der Waals surface area contributed by atoms with E-state index in [9.17, 15) is 8.78 Å². The van der Waals surface area contributed by atoms with Crippen molar-refractivity contribution in [3.05, 3.63) is 47.9 Å². The molecule has 0 atom stereocenters. The zero-order valence-electron chi connectivity index (χ0n) is 11.5. The van der Waals surface area contributed by atoms with E-state index in [0.29, 0.717) is 17.3 Å². The molecule has 1 aromatic carbocycles. The second-order valence-corrected chi connectivity index (χ2v) is 4.59. The SMILES string of the molecule is CNc1cn2ccnc2c(Nc2cc(F)c(C)cc2F)n1. The summed E-state index contributed by atoms with van der Waals surface area (Å²) in [5, 5.41) is 5.70. The lowest BCUT2D eigenvalue weighted by Crippen LogP contribution is -2.04. The highest BCUT2D eigenvalue weighted by Gasteiger charge is 2.12. The predicted molar refractivity (Wildman–Crippen MR) is 76.9 cm³/mol. The Balaban J connectivity index is 2.09. The van der Waals surface area contributed by atoms with Crippen molar-refractivity contribution in [2.75, 3.05) is 17.7 Å². The van der Waals surface area contributed by atoms with Gasteiger partial charge in [-0.1, -0.05) is 0 Å². The molecule has 7 heteroatoms.